The number of anilines is 1. The van der Waals surface area contributed by atoms with E-state index in [-0.39, 0.29) is 11.9 Å². The zero-order valence-corrected chi connectivity index (χ0v) is 18.9. The molecule has 0 radical (unpaired) electrons. The summed E-state index contributed by atoms with van der Waals surface area (Å²) in [4.78, 5) is 31.7. The molecule has 1 aliphatic carbocycles. The third kappa shape index (κ3) is 4.41. The van der Waals surface area contributed by atoms with Crippen molar-refractivity contribution in [3.8, 4) is 0 Å². The fraction of sp³-hybridized carbons (Fsp3) is 0.478. The SMILES string of the molecule is CN(C)Cc1nc(C2CC2)c2sc(N3CCC[C@@H]3C(=O)NCc3ccccc3)nc2n1. The summed E-state index contributed by atoms with van der Waals surface area (Å²) >= 11 is 1.65. The molecule has 1 atom stereocenters. The van der Waals surface area contributed by atoms with Crippen LogP contribution in [0.15, 0.2) is 30.3 Å². The highest BCUT2D eigenvalue weighted by atomic mass is 32.1. The van der Waals surface area contributed by atoms with Crippen molar-refractivity contribution in [2.24, 2.45) is 0 Å². The molecule has 5 rings (SSSR count). The smallest absolute Gasteiger partial charge is 0.243 e. The summed E-state index contributed by atoms with van der Waals surface area (Å²) in [5.74, 6) is 1.43. The van der Waals surface area contributed by atoms with Crippen molar-refractivity contribution in [1.82, 2.24) is 25.2 Å². The molecule has 3 aromatic rings. The summed E-state index contributed by atoms with van der Waals surface area (Å²) in [6, 6.07) is 9.86. The molecule has 1 N–H and O–H groups in total. The third-order valence-electron chi connectivity index (χ3n) is 5.85. The Morgan fingerprint density at radius 3 is 2.71 bits per heavy atom. The van der Waals surface area contributed by atoms with Gasteiger partial charge in [0.1, 0.15) is 11.9 Å². The van der Waals surface area contributed by atoms with Crippen molar-refractivity contribution < 1.29 is 4.79 Å². The molecule has 3 heterocycles. The van der Waals surface area contributed by atoms with Gasteiger partial charge in [-0.25, -0.2) is 9.97 Å². The van der Waals surface area contributed by atoms with Crippen molar-refractivity contribution in [2.45, 2.75) is 50.7 Å². The van der Waals surface area contributed by atoms with Crippen LogP contribution in [0.1, 0.15) is 48.7 Å². The van der Waals surface area contributed by atoms with Gasteiger partial charge in [-0.15, -0.1) is 0 Å². The van der Waals surface area contributed by atoms with E-state index in [1.165, 1.54) is 12.8 Å². The van der Waals surface area contributed by atoms with Crippen molar-refractivity contribution in [1.29, 1.82) is 0 Å². The molecular weight excluding hydrogens is 408 g/mol. The zero-order valence-electron chi connectivity index (χ0n) is 18.0. The second-order valence-electron chi connectivity index (χ2n) is 8.74. The molecule has 2 aromatic heterocycles. The normalized spacial score (nSPS) is 18.8. The Morgan fingerprint density at radius 1 is 1.16 bits per heavy atom. The van der Waals surface area contributed by atoms with Crippen LogP contribution >= 0.6 is 11.3 Å². The minimum atomic E-state index is -0.178. The molecule has 0 bridgehead atoms. The predicted molar refractivity (Wildman–Crippen MR) is 123 cm³/mol. The highest BCUT2D eigenvalue weighted by molar-refractivity contribution is 7.22. The van der Waals surface area contributed by atoms with E-state index in [2.05, 4.69) is 15.1 Å². The summed E-state index contributed by atoms with van der Waals surface area (Å²) in [5.41, 5.74) is 3.04. The lowest BCUT2D eigenvalue weighted by atomic mass is 10.2. The molecule has 1 amide bonds. The van der Waals surface area contributed by atoms with Crippen molar-refractivity contribution in [2.75, 3.05) is 25.5 Å². The molecule has 162 valence electrons. The Balaban J connectivity index is 1.38. The van der Waals surface area contributed by atoms with Gasteiger partial charge in [-0.3, -0.25) is 4.79 Å². The standard InChI is InChI=1S/C23H28N6OS/c1-28(2)14-18-25-19(16-10-11-16)20-21(26-18)27-23(31-20)29-12-6-9-17(29)22(30)24-13-15-7-4-3-5-8-15/h3-5,7-8,16-17H,6,9-14H2,1-2H3,(H,24,30)/t17-/m1/s1. The number of benzene rings is 1. The third-order valence-corrected chi connectivity index (χ3v) is 6.95. The second kappa shape index (κ2) is 8.51. The molecule has 1 aliphatic heterocycles. The highest BCUT2D eigenvalue weighted by Gasteiger charge is 2.34. The molecule has 2 aliphatic rings. The largest absolute Gasteiger partial charge is 0.350 e. The van der Waals surface area contributed by atoms with Crippen LogP contribution < -0.4 is 10.2 Å². The van der Waals surface area contributed by atoms with Crippen LogP contribution in [0.4, 0.5) is 5.13 Å². The van der Waals surface area contributed by atoms with Gasteiger partial charge in [0.2, 0.25) is 5.91 Å². The van der Waals surface area contributed by atoms with Crippen LogP contribution in [0, 0.1) is 0 Å². The number of carbonyl (C=O) groups is 1. The Morgan fingerprint density at radius 2 is 1.97 bits per heavy atom. The van der Waals surface area contributed by atoms with Gasteiger partial charge in [0.15, 0.2) is 10.8 Å². The molecule has 0 unspecified atom stereocenters. The fourth-order valence-corrected chi connectivity index (χ4v) is 5.31. The van der Waals surface area contributed by atoms with Crippen LogP contribution in [0.3, 0.4) is 0 Å². The van der Waals surface area contributed by atoms with E-state index in [1.54, 1.807) is 11.3 Å². The summed E-state index contributed by atoms with van der Waals surface area (Å²) < 4.78 is 1.09. The molecule has 31 heavy (non-hydrogen) atoms. The number of nitrogens with one attached hydrogen (secondary N) is 1. The van der Waals surface area contributed by atoms with E-state index in [1.807, 2.05) is 44.4 Å². The average Bonchev–Trinajstić information content (AvgIpc) is 3.32. The van der Waals surface area contributed by atoms with E-state index in [0.717, 1.165) is 51.9 Å². The van der Waals surface area contributed by atoms with Gasteiger partial charge in [-0.2, -0.15) is 4.98 Å². The Hall–Kier alpha value is -2.58. The Labute approximate surface area is 186 Å². The molecule has 1 saturated heterocycles. The average molecular weight is 437 g/mol. The molecule has 0 spiro atoms. The first kappa shape index (κ1) is 20.3. The van der Waals surface area contributed by atoms with E-state index < -0.39 is 0 Å². The number of thiazole rings is 1. The van der Waals surface area contributed by atoms with E-state index >= 15 is 0 Å². The first-order valence-electron chi connectivity index (χ1n) is 11.0. The summed E-state index contributed by atoms with van der Waals surface area (Å²) in [6.07, 6.45) is 4.22. The van der Waals surface area contributed by atoms with Crippen LogP contribution in [-0.2, 0) is 17.9 Å². The lowest BCUT2D eigenvalue weighted by Gasteiger charge is -2.23. The molecule has 2 fully saturated rings. The maximum absolute atomic E-state index is 13.0. The van der Waals surface area contributed by atoms with Gasteiger partial charge in [-0.05, 0) is 45.3 Å². The molecular formula is C23H28N6OS. The first-order valence-corrected chi connectivity index (χ1v) is 11.8. The fourth-order valence-electron chi connectivity index (χ4n) is 4.16. The zero-order chi connectivity index (χ0) is 21.4. The van der Waals surface area contributed by atoms with Gasteiger partial charge >= 0.3 is 0 Å². The maximum Gasteiger partial charge on any atom is 0.243 e. The lowest BCUT2D eigenvalue weighted by Crippen LogP contribution is -2.43. The van der Waals surface area contributed by atoms with Crippen LogP contribution in [0.2, 0.25) is 0 Å². The summed E-state index contributed by atoms with van der Waals surface area (Å²) in [5, 5.41) is 4.00. The minimum absolute atomic E-state index is 0.0717. The van der Waals surface area contributed by atoms with Gasteiger partial charge < -0.3 is 15.1 Å². The minimum Gasteiger partial charge on any atom is -0.350 e. The van der Waals surface area contributed by atoms with Gasteiger partial charge in [0.25, 0.3) is 0 Å². The highest BCUT2D eigenvalue weighted by Crippen LogP contribution is 2.44. The molecule has 1 aromatic carbocycles. The summed E-state index contributed by atoms with van der Waals surface area (Å²) in [6.45, 7) is 2.10. The monoisotopic (exact) mass is 436 g/mol. The lowest BCUT2D eigenvalue weighted by molar-refractivity contribution is -0.122. The number of hydrogen-bond acceptors (Lipinski definition) is 7. The second-order valence-corrected chi connectivity index (χ2v) is 9.72. The number of hydrogen-bond donors (Lipinski definition) is 1. The summed E-state index contributed by atoms with van der Waals surface area (Å²) in [7, 11) is 4.05. The number of rotatable bonds is 7. The maximum atomic E-state index is 13.0. The van der Waals surface area contributed by atoms with Gasteiger partial charge in [-0.1, -0.05) is 41.7 Å². The number of amides is 1. The quantitative estimate of drug-likeness (QED) is 0.613. The van der Waals surface area contributed by atoms with Crippen LogP contribution in [0.25, 0.3) is 10.3 Å². The number of aromatic nitrogens is 3. The first-order chi connectivity index (χ1) is 15.1. The Bertz CT molecular complexity index is 1080. The molecule has 8 heteroatoms. The topological polar surface area (TPSA) is 74.2 Å². The van der Waals surface area contributed by atoms with Crippen LogP contribution in [-0.4, -0.2) is 52.4 Å². The van der Waals surface area contributed by atoms with Crippen molar-refractivity contribution >= 4 is 32.7 Å². The van der Waals surface area contributed by atoms with Crippen molar-refractivity contribution in [3.63, 3.8) is 0 Å². The van der Waals surface area contributed by atoms with E-state index in [4.69, 9.17) is 15.0 Å². The molecule has 1 saturated carbocycles. The van der Waals surface area contributed by atoms with E-state index in [9.17, 15) is 4.79 Å². The Kier molecular flexibility index (Phi) is 5.58. The van der Waals surface area contributed by atoms with E-state index in [0.29, 0.717) is 19.0 Å². The van der Waals surface area contributed by atoms with Crippen LogP contribution in [0.5, 0.6) is 0 Å². The van der Waals surface area contributed by atoms with Gasteiger partial charge in [0.05, 0.1) is 16.9 Å². The number of fused-ring (bicyclic) bond motifs is 1. The predicted octanol–water partition coefficient (Wildman–Crippen LogP) is 3.31. The number of nitrogens with zero attached hydrogens (tertiary/aromatic N) is 5. The number of carbonyl (C=O) groups excluding carboxylic acids is 1. The molecule has 7 nitrogen and oxygen atoms in total. The van der Waals surface area contributed by atoms with Gasteiger partial charge in [0, 0.05) is 19.0 Å². The van der Waals surface area contributed by atoms with Crippen molar-refractivity contribution in [3.05, 3.63) is 47.4 Å².